The number of rotatable bonds is 8. The van der Waals surface area contributed by atoms with Crippen molar-refractivity contribution in [3.8, 4) is 17.0 Å². The van der Waals surface area contributed by atoms with Crippen molar-refractivity contribution in [2.24, 2.45) is 23.2 Å². The zero-order valence-corrected chi connectivity index (χ0v) is 24.2. The maximum atomic E-state index is 11.7. The van der Waals surface area contributed by atoms with Crippen LogP contribution in [0.3, 0.4) is 0 Å². The number of aliphatic carboxylic acids is 1. The van der Waals surface area contributed by atoms with Crippen LogP contribution in [0.15, 0.2) is 41.8 Å². The number of hydrogen-bond acceptors (Lipinski definition) is 7. The molecular weight excluding hydrogens is 522 g/mol. The van der Waals surface area contributed by atoms with E-state index in [-0.39, 0.29) is 17.3 Å². The first-order chi connectivity index (χ1) is 19.3. The van der Waals surface area contributed by atoms with Gasteiger partial charge in [0.15, 0.2) is 5.13 Å². The number of thiazole rings is 1. The average molecular weight is 560 g/mol. The largest absolute Gasteiger partial charge is 0.488 e. The number of aryl methyl sites for hydroxylation is 2. The van der Waals surface area contributed by atoms with Gasteiger partial charge in [-0.25, -0.2) is 4.98 Å². The highest BCUT2D eigenvalue weighted by atomic mass is 32.1. The lowest BCUT2D eigenvalue weighted by Crippen LogP contribution is -2.42. The number of morpholine rings is 1. The van der Waals surface area contributed by atoms with E-state index in [1.54, 1.807) is 11.3 Å². The fraction of sp³-hybridized carbons (Fsp3) is 0.500. The predicted octanol–water partition coefficient (Wildman–Crippen LogP) is 5.56. The first-order valence-electron chi connectivity index (χ1n) is 14.4. The molecular formula is C32H37N3O4S. The third-order valence-electron chi connectivity index (χ3n) is 9.97. The van der Waals surface area contributed by atoms with Crippen LogP contribution in [0.2, 0.25) is 0 Å². The Kier molecular flexibility index (Phi) is 6.40. The van der Waals surface area contributed by atoms with Gasteiger partial charge in [-0.1, -0.05) is 29.8 Å². The van der Waals surface area contributed by atoms with E-state index in [2.05, 4.69) is 72.3 Å². The molecule has 7 nitrogen and oxygen atoms in total. The molecule has 1 N–H and O–H groups in total. The van der Waals surface area contributed by atoms with Crippen LogP contribution in [0.4, 0.5) is 5.13 Å². The molecule has 0 bridgehead atoms. The first-order valence-corrected chi connectivity index (χ1v) is 15.3. The van der Waals surface area contributed by atoms with Crippen molar-refractivity contribution in [1.29, 1.82) is 0 Å². The van der Waals surface area contributed by atoms with Crippen LogP contribution < -0.4 is 9.64 Å². The van der Waals surface area contributed by atoms with Crippen LogP contribution in [0.5, 0.6) is 5.75 Å². The van der Waals surface area contributed by atoms with Crippen LogP contribution in [-0.4, -0.2) is 60.4 Å². The maximum Gasteiger partial charge on any atom is 0.307 e. The molecule has 7 rings (SSSR count). The topological polar surface area (TPSA) is 75.1 Å². The normalized spacial score (nSPS) is 28.0. The molecule has 4 aliphatic rings. The Morgan fingerprint density at radius 2 is 2.02 bits per heavy atom. The number of carbonyl (C=O) groups is 1. The monoisotopic (exact) mass is 559 g/mol. The van der Waals surface area contributed by atoms with Crippen LogP contribution in [0.1, 0.15) is 41.6 Å². The summed E-state index contributed by atoms with van der Waals surface area (Å²) in [6, 6.07) is 13.4. The Morgan fingerprint density at radius 3 is 2.80 bits per heavy atom. The van der Waals surface area contributed by atoms with Crippen LogP contribution in [-0.2, 0) is 16.1 Å². The number of hydrogen-bond donors (Lipinski definition) is 1. The highest BCUT2D eigenvalue weighted by Crippen LogP contribution is 2.76. The molecule has 40 heavy (non-hydrogen) atoms. The summed E-state index contributed by atoms with van der Waals surface area (Å²) >= 11 is 1.65. The number of benzene rings is 2. The Hall–Kier alpha value is -2.94. The highest BCUT2D eigenvalue weighted by molar-refractivity contribution is 7.14. The number of ether oxygens (including phenoxy) is 2. The van der Waals surface area contributed by atoms with Crippen LogP contribution >= 0.6 is 11.3 Å². The Bertz CT molecular complexity index is 1450. The van der Waals surface area contributed by atoms with Gasteiger partial charge in [-0.2, -0.15) is 0 Å². The summed E-state index contributed by atoms with van der Waals surface area (Å²) in [7, 11) is 0. The lowest BCUT2D eigenvalue weighted by molar-refractivity contribution is -0.149. The molecule has 5 unspecified atom stereocenters. The standard InChI is InChI=1S/C32H37N3O4S/c1-19-4-7-28(39-16-23-6-5-22(13-20(23)2)21(3)34-8-10-38-11-9-34)24(12-19)27-17-40-31(33-27)35-15-26-29(30(36)37)25-14-32(25,26)18-35/h4-7,12-13,17,21,25-26,29H,8-11,14-16,18H2,1-3H3,(H,36,37). The van der Waals surface area contributed by atoms with Crippen molar-refractivity contribution in [2.45, 2.75) is 39.8 Å². The summed E-state index contributed by atoms with van der Waals surface area (Å²) in [6.07, 6.45) is 1.06. The average Bonchev–Trinajstić information content (AvgIpc) is 3.22. The number of aromatic nitrogens is 1. The summed E-state index contributed by atoms with van der Waals surface area (Å²) < 4.78 is 12.0. The van der Waals surface area contributed by atoms with E-state index in [1.165, 1.54) is 16.7 Å². The fourth-order valence-electron chi connectivity index (χ4n) is 7.50. The summed E-state index contributed by atoms with van der Waals surface area (Å²) in [5, 5.41) is 12.7. The number of carboxylic acids is 1. The fourth-order valence-corrected chi connectivity index (χ4v) is 8.33. The molecule has 2 aromatic carbocycles. The van der Waals surface area contributed by atoms with E-state index < -0.39 is 5.97 Å². The number of carboxylic acid groups (broad SMARTS) is 1. The Balaban J connectivity index is 1.05. The lowest BCUT2D eigenvalue weighted by Gasteiger charge is -2.35. The minimum Gasteiger partial charge on any atom is -0.488 e. The van der Waals surface area contributed by atoms with Gasteiger partial charge in [-0.15, -0.1) is 11.3 Å². The van der Waals surface area contributed by atoms with Crippen molar-refractivity contribution in [3.63, 3.8) is 0 Å². The van der Waals surface area contributed by atoms with Crippen molar-refractivity contribution >= 4 is 22.4 Å². The lowest BCUT2D eigenvalue weighted by atomic mass is 9.66. The van der Waals surface area contributed by atoms with Gasteiger partial charge in [0.05, 0.1) is 24.8 Å². The molecule has 2 aliphatic heterocycles. The molecule has 5 atom stereocenters. The summed E-state index contributed by atoms with van der Waals surface area (Å²) in [6.45, 7) is 12.3. The molecule has 1 aromatic heterocycles. The summed E-state index contributed by atoms with van der Waals surface area (Å²) in [4.78, 5) is 21.5. The zero-order chi connectivity index (χ0) is 27.6. The molecule has 0 amide bonds. The van der Waals surface area contributed by atoms with Gasteiger partial charge in [-0.3, -0.25) is 9.69 Å². The molecule has 8 heteroatoms. The van der Waals surface area contributed by atoms with E-state index >= 15 is 0 Å². The van der Waals surface area contributed by atoms with Crippen LogP contribution in [0.25, 0.3) is 11.3 Å². The minimum atomic E-state index is -0.622. The minimum absolute atomic E-state index is 0.165. The number of anilines is 1. The molecule has 3 heterocycles. The number of nitrogens with zero attached hydrogens (tertiary/aromatic N) is 3. The van der Waals surface area contributed by atoms with E-state index in [4.69, 9.17) is 14.5 Å². The molecule has 1 spiro atoms. The van der Waals surface area contributed by atoms with E-state index in [0.717, 1.165) is 73.5 Å². The smallest absolute Gasteiger partial charge is 0.307 e. The van der Waals surface area contributed by atoms with Crippen molar-refractivity contribution in [2.75, 3.05) is 44.3 Å². The molecule has 3 aromatic rings. The van der Waals surface area contributed by atoms with Gasteiger partial charge in [-0.05, 0) is 73.3 Å². The maximum absolute atomic E-state index is 11.7. The van der Waals surface area contributed by atoms with Gasteiger partial charge in [0.2, 0.25) is 0 Å². The van der Waals surface area contributed by atoms with Crippen molar-refractivity contribution < 1.29 is 19.4 Å². The summed E-state index contributed by atoms with van der Waals surface area (Å²) in [5.74, 6) is 0.688. The van der Waals surface area contributed by atoms with E-state index in [1.807, 2.05) is 0 Å². The van der Waals surface area contributed by atoms with E-state index in [9.17, 15) is 9.90 Å². The Morgan fingerprint density at radius 1 is 1.20 bits per heavy atom. The molecule has 210 valence electrons. The van der Waals surface area contributed by atoms with Gasteiger partial charge in [0, 0.05) is 43.2 Å². The van der Waals surface area contributed by atoms with Gasteiger partial charge < -0.3 is 19.5 Å². The molecule has 2 saturated heterocycles. The second-order valence-corrected chi connectivity index (χ2v) is 13.0. The van der Waals surface area contributed by atoms with Gasteiger partial charge in [0.25, 0.3) is 0 Å². The van der Waals surface area contributed by atoms with Crippen LogP contribution in [0, 0.1) is 37.0 Å². The highest BCUT2D eigenvalue weighted by Gasteiger charge is 2.78. The third-order valence-corrected chi connectivity index (χ3v) is 10.9. The third kappa shape index (κ3) is 4.32. The molecule has 4 fully saturated rings. The second-order valence-electron chi connectivity index (χ2n) is 12.2. The van der Waals surface area contributed by atoms with E-state index in [0.29, 0.717) is 18.6 Å². The predicted molar refractivity (Wildman–Crippen MR) is 156 cm³/mol. The second kappa shape index (κ2) is 9.86. The summed E-state index contributed by atoms with van der Waals surface area (Å²) in [5.41, 5.74) is 7.08. The molecule has 0 radical (unpaired) electrons. The zero-order valence-electron chi connectivity index (χ0n) is 23.4. The van der Waals surface area contributed by atoms with Crippen molar-refractivity contribution in [1.82, 2.24) is 9.88 Å². The Labute approximate surface area is 239 Å². The van der Waals surface area contributed by atoms with Crippen molar-refractivity contribution in [3.05, 3.63) is 64.0 Å². The van der Waals surface area contributed by atoms with Gasteiger partial charge >= 0.3 is 5.97 Å². The SMILES string of the molecule is Cc1ccc(OCc2ccc(C(C)N3CCOCC3)cc2C)c(-c2csc(N3CC4C(C(=O)O)C5CC45C3)n2)c1. The molecule has 2 saturated carbocycles. The van der Waals surface area contributed by atoms with Gasteiger partial charge in [0.1, 0.15) is 12.4 Å². The first kappa shape index (κ1) is 26.0. The molecule has 2 aliphatic carbocycles. The quantitative estimate of drug-likeness (QED) is 0.388.